The van der Waals surface area contributed by atoms with Gasteiger partial charge in [0.05, 0.1) is 10.7 Å². The first-order valence-electron chi connectivity index (χ1n) is 9.47. The first-order valence-corrected chi connectivity index (χ1v) is 10.5. The van der Waals surface area contributed by atoms with Crippen molar-refractivity contribution in [1.82, 2.24) is 14.8 Å². The molecular weight excluding hydrogens is 437 g/mol. The maximum Gasteiger partial charge on any atom is 0.269 e. The molecule has 166 valence electrons. The van der Waals surface area contributed by atoms with Crippen LogP contribution in [-0.4, -0.2) is 31.3 Å². The average Bonchev–Trinajstić information content (AvgIpc) is 3.15. The van der Waals surface area contributed by atoms with Crippen molar-refractivity contribution < 1.29 is 18.8 Å². The van der Waals surface area contributed by atoms with Gasteiger partial charge in [0.25, 0.3) is 5.69 Å². The topological polar surface area (TPSA) is 112 Å². The van der Waals surface area contributed by atoms with Gasteiger partial charge in [0.15, 0.2) is 22.5 Å². The number of aromatic nitrogens is 3. The number of carbonyl (C=O) groups excluding carboxylic acids is 1. The number of nitro groups is 1. The van der Waals surface area contributed by atoms with Crippen molar-refractivity contribution in [3.63, 3.8) is 0 Å². The van der Waals surface area contributed by atoms with Gasteiger partial charge in [-0.3, -0.25) is 19.5 Å². The van der Waals surface area contributed by atoms with E-state index < -0.39 is 10.7 Å². The second-order valence-electron chi connectivity index (χ2n) is 6.61. The van der Waals surface area contributed by atoms with Gasteiger partial charge in [-0.05, 0) is 30.7 Å². The van der Waals surface area contributed by atoms with Crippen LogP contribution in [0.25, 0.3) is 0 Å². The van der Waals surface area contributed by atoms with Crippen LogP contribution in [0.2, 0.25) is 0 Å². The summed E-state index contributed by atoms with van der Waals surface area (Å²) >= 11 is 1.17. The zero-order valence-electron chi connectivity index (χ0n) is 17.2. The van der Waals surface area contributed by atoms with Crippen molar-refractivity contribution in [1.29, 1.82) is 0 Å². The lowest BCUT2D eigenvalue weighted by Crippen LogP contribution is -2.15. The first kappa shape index (κ1) is 22.9. The maximum absolute atomic E-state index is 13.8. The van der Waals surface area contributed by atoms with Gasteiger partial charge in [0.1, 0.15) is 6.61 Å². The second-order valence-corrected chi connectivity index (χ2v) is 7.55. The number of nitrogens with one attached hydrogen (secondary N) is 1. The predicted molar refractivity (Wildman–Crippen MR) is 118 cm³/mol. The summed E-state index contributed by atoms with van der Waals surface area (Å²) in [6, 6.07) is 10.3. The minimum absolute atomic E-state index is 0.00345. The summed E-state index contributed by atoms with van der Waals surface area (Å²) < 4.78 is 21.0. The van der Waals surface area contributed by atoms with E-state index in [2.05, 4.69) is 22.1 Å². The van der Waals surface area contributed by atoms with Crippen LogP contribution in [0, 0.1) is 22.9 Å². The number of allylic oxidation sites excluding steroid dienone is 1. The summed E-state index contributed by atoms with van der Waals surface area (Å²) in [6.45, 7) is 5.78. The fourth-order valence-electron chi connectivity index (χ4n) is 2.77. The van der Waals surface area contributed by atoms with E-state index in [1.165, 1.54) is 42.1 Å². The van der Waals surface area contributed by atoms with Crippen LogP contribution in [0.4, 0.5) is 15.8 Å². The molecule has 0 aliphatic rings. The molecule has 0 fully saturated rings. The van der Waals surface area contributed by atoms with Gasteiger partial charge >= 0.3 is 0 Å². The molecule has 0 unspecified atom stereocenters. The molecule has 9 nitrogen and oxygen atoms in total. The summed E-state index contributed by atoms with van der Waals surface area (Å²) in [4.78, 5) is 22.7. The number of rotatable bonds is 10. The quantitative estimate of drug-likeness (QED) is 0.211. The Hall–Kier alpha value is -3.73. The Kier molecular flexibility index (Phi) is 7.55. The van der Waals surface area contributed by atoms with Gasteiger partial charge < -0.3 is 10.1 Å². The fourth-order valence-corrected chi connectivity index (χ4v) is 3.53. The highest BCUT2D eigenvalue weighted by Gasteiger charge is 2.16. The molecule has 11 heteroatoms. The van der Waals surface area contributed by atoms with Gasteiger partial charge in [-0.1, -0.05) is 30.0 Å². The Bertz CT molecular complexity index is 1150. The summed E-state index contributed by atoms with van der Waals surface area (Å²) in [5.41, 5.74) is 1.03. The number of carbonyl (C=O) groups is 1. The van der Waals surface area contributed by atoms with E-state index in [1.54, 1.807) is 29.7 Å². The van der Waals surface area contributed by atoms with Crippen LogP contribution in [0.1, 0.15) is 11.4 Å². The third-order valence-electron chi connectivity index (χ3n) is 4.33. The molecule has 0 bridgehead atoms. The summed E-state index contributed by atoms with van der Waals surface area (Å²) in [5, 5.41) is 22.2. The normalized spacial score (nSPS) is 10.6. The van der Waals surface area contributed by atoms with E-state index in [9.17, 15) is 19.3 Å². The fraction of sp³-hybridized carbons (Fsp3) is 0.190. The van der Waals surface area contributed by atoms with Crippen molar-refractivity contribution in [2.24, 2.45) is 0 Å². The van der Waals surface area contributed by atoms with Crippen LogP contribution < -0.4 is 10.1 Å². The third-order valence-corrected chi connectivity index (χ3v) is 5.29. The van der Waals surface area contributed by atoms with Crippen LogP contribution in [0.3, 0.4) is 0 Å². The second kappa shape index (κ2) is 10.5. The zero-order valence-corrected chi connectivity index (χ0v) is 18.0. The Balaban J connectivity index is 1.63. The number of hydrogen-bond donors (Lipinski definition) is 1. The van der Waals surface area contributed by atoms with Crippen LogP contribution >= 0.6 is 11.8 Å². The standard InChI is InChI=1S/C21H20FN5O4S/c1-3-10-26-19(12-31-18-7-5-4-6-16(18)22)24-25-21(26)32-13-20(28)23-17-9-8-15(27(29)30)11-14(17)2/h3-9,11H,1,10,12-13H2,2H3,(H,23,28). The highest BCUT2D eigenvalue weighted by Crippen LogP contribution is 2.23. The lowest BCUT2D eigenvalue weighted by molar-refractivity contribution is -0.384. The number of halogens is 1. The Morgan fingerprint density at radius 2 is 2.12 bits per heavy atom. The van der Waals surface area contributed by atoms with Gasteiger partial charge in [-0.2, -0.15) is 0 Å². The molecule has 3 aromatic rings. The maximum atomic E-state index is 13.8. The Morgan fingerprint density at radius 1 is 1.34 bits per heavy atom. The van der Waals surface area contributed by atoms with E-state index in [1.807, 2.05) is 0 Å². The molecule has 1 heterocycles. The van der Waals surface area contributed by atoms with Crippen molar-refractivity contribution >= 4 is 29.0 Å². The Morgan fingerprint density at radius 3 is 2.81 bits per heavy atom. The number of non-ortho nitro benzene ring substituents is 1. The van der Waals surface area contributed by atoms with Crippen molar-refractivity contribution in [2.45, 2.75) is 25.2 Å². The van der Waals surface area contributed by atoms with Gasteiger partial charge in [0.2, 0.25) is 5.91 Å². The highest BCUT2D eigenvalue weighted by molar-refractivity contribution is 7.99. The number of nitrogens with zero attached hydrogens (tertiary/aromatic N) is 4. The van der Waals surface area contributed by atoms with Crippen LogP contribution in [0.15, 0.2) is 60.3 Å². The molecule has 3 rings (SSSR count). The lowest BCUT2D eigenvalue weighted by atomic mass is 10.2. The van der Waals surface area contributed by atoms with Gasteiger partial charge in [-0.25, -0.2) is 4.39 Å². The number of hydrogen-bond acceptors (Lipinski definition) is 7. The molecule has 1 amide bonds. The highest BCUT2D eigenvalue weighted by atomic mass is 32.2. The van der Waals surface area contributed by atoms with Crippen LogP contribution in [-0.2, 0) is 17.9 Å². The number of para-hydroxylation sites is 1. The van der Waals surface area contributed by atoms with Crippen molar-refractivity contribution in [3.8, 4) is 5.75 Å². The molecule has 0 radical (unpaired) electrons. The molecule has 1 N–H and O–H groups in total. The van der Waals surface area contributed by atoms with Gasteiger partial charge in [0, 0.05) is 24.4 Å². The molecule has 2 aromatic carbocycles. The molecule has 0 spiro atoms. The van der Waals surface area contributed by atoms with E-state index >= 15 is 0 Å². The average molecular weight is 457 g/mol. The summed E-state index contributed by atoms with van der Waals surface area (Å²) in [5.74, 6) is -0.172. The number of ether oxygens (including phenoxy) is 1. The predicted octanol–water partition coefficient (Wildman–Crippen LogP) is 4.13. The molecule has 0 saturated carbocycles. The molecule has 0 saturated heterocycles. The molecule has 1 aromatic heterocycles. The lowest BCUT2D eigenvalue weighted by Gasteiger charge is -2.10. The van der Waals surface area contributed by atoms with Crippen LogP contribution in [0.5, 0.6) is 5.75 Å². The summed E-state index contributed by atoms with van der Waals surface area (Å²) in [6.07, 6.45) is 1.65. The minimum Gasteiger partial charge on any atom is -0.483 e. The van der Waals surface area contributed by atoms with E-state index in [-0.39, 0.29) is 29.7 Å². The molecule has 0 aliphatic carbocycles. The van der Waals surface area contributed by atoms with Gasteiger partial charge in [-0.15, -0.1) is 16.8 Å². The number of benzene rings is 2. The smallest absolute Gasteiger partial charge is 0.269 e. The minimum atomic E-state index is -0.492. The number of aryl methyl sites for hydroxylation is 1. The molecular formula is C21H20FN5O4S. The number of nitro benzene ring substituents is 1. The largest absolute Gasteiger partial charge is 0.483 e. The molecule has 0 aliphatic heterocycles. The molecule has 0 atom stereocenters. The third kappa shape index (κ3) is 5.70. The number of amides is 1. The van der Waals surface area contributed by atoms with Crippen molar-refractivity contribution in [2.75, 3.05) is 11.1 Å². The van der Waals surface area contributed by atoms with Crippen molar-refractivity contribution in [3.05, 3.63) is 82.4 Å². The van der Waals surface area contributed by atoms with E-state index in [0.29, 0.717) is 28.8 Å². The SMILES string of the molecule is C=CCn1c(COc2ccccc2F)nnc1SCC(=O)Nc1ccc([N+](=O)[O-])cc1C. The molecule has 32 heavy (non-hydrogen) atoms. The van der Waals surface area contributed by atoms with E-state index in [0.717, 1.165) is 0 Å². The summed E-state index contributed by atoms with van der Waals surface area (Å²) in [7, 11) is 0. The Labute approximate surface area is 187 Å². The van der Waals surface area contributed by atoms with E-state index in [4.69, 9.17) is 4.74 Å². The number of thioether (sulfide) groups is 1. The monoisotopic (exact) mass is 457 g/mol. The zero-order chi connectivity index (χ0) is 23.1. The number of anilines is 1. The first-order chi connectivity index (χ1) is 15.4.